The summed E-state index contributed by atoms with van der Waals surface area (Å²) in [7, 11) is 1.47. The van der Waals surface area contributed by atoms with Gasteiger partial charge in [-0.1, -0.05) is 0 Å². The maximum atomic E-state index is 13.1. The number of anilines is 1. The predicted octanol–water partition coefficient (Wildman–Crippen LogP) is 2.95. The van der Waals surface area contributed by atoms with Crippen molar-refractivity contribution in [2.45, 2.75) is 13.1 Å². The van der Waals surface area contributed by atoms with E-state index in [1.54, 1.807) is 0 Å². The van der Waals surface area contributed by atoms with E-state index in [4.69, 9.17) is 4.74 Å². The minimum absolute atomic E-state index is 0.0330. The number of hydrogen-bond acceptors (Lipinski definition) is 6. The molecule has 0 aliphatic carbocycles. The average molecular weight is 413 g/mol. The van der Waals surface area contributed by atoms with E-state index in [0.29, 0.717) is 0 Å². The van der Waals surface area contributed by atoms with Crippen LogP contribution in [0.2, 0.25) is 0 Å². The van der Waals surface area contributed by atoms with Gasteiger partial charge in [-0.05, 0) is 19.1 Å². The first-order valence-electron chi connectivity index (χ1n) is 7.90. The molecule has 0 bridgehead atoms. The molecular formula is C17H14F3N3O6. The number of benzene rings is 1. The summed E-state index contributed by atoms with van der Waals surface area (Å²) in [5.41, 5.74) is -2.73. The van der Waals surface area contributed by atoms with Gasteiger partial charge in [-0.25, -0.2) is 4.79 Å². The minimum atomic E-state index is -4.96. The Hall–Kier alpha value is -3.70. The number of rotatable bonds is 6. The van der Waals surface area contributed by atoms with E-state index in [2.05, 4.69) is 0 Å². The number of nitrogens with one attached hydrogen (secondary N) is 1. The highest BCUT2D eigenvalue weighted by molar-refractivity contribution is 5.99. The van der Waals surface area contributed by atoms with Crippen LogP contribution in [0.1, 0.15) is 33.3 Å². The molecule has 0 spiro atoms. The Morgan fingerprint density at radius 3 is 2.41 bits per heavy atom. The number of halogens is 3. The van der Waals surface area contributed by atoms with Gasteiger partial charge in [0, 0.05) is 30.9 Å². The van der Waals surface area contributed by atoms with E-state index in [1.807, 2.05) is 5.32 Å². The molecule has 0 saturated carbocycles. The number of carbonyl (C=O) groups excluding carboxylic acids is 3. The van der Waals surface area contributed by atoms with Crippen LogP contribution in [0, 0.1) is 10.1 Å². The number of hydrogen-bond donors (Lipinski definition) is 1. The Balaban J connectivity index is 2.10. The van der Waals surface area contributed by atoms with Crippen LogP contribution in [0.4, 0.5) is 24.5 Å². The summed E-state index contributed by atoms with van der Waals surface area (Å²) < 4.78 is 45.4. The normalized spacial score (nSPS) is 11.1. The van der Waals surface area contributed by atoms with E-state index in [-0.39, 0.29) is 23.1 Å². The number of nitrogens with zero attached hydrogens (tertiary/aromatic N) is 2. The molecule has 29 heavy (non-hydrogen) atoms. The zero-order valence-electron chi connectivity index (χ0n) is 15.1. The average Bonchev–Trinajstić information content (AvgIpc) is 3.01. The molecule has 9 nitrogen and oxygen atoms in total. The number of carbonyl (C=O) groups is 3. The fourth-order valence-electron chi connectivity index (χ4n) is 2.34. The highest BCUT2D eigenvalue weighted by Gasteiger charge is 2.35. The van der Waals surface area contributed by atoms with Crippen LogP contribution in [0.25, 0.3) is 0 Å². The van der Waals surface area contributed by atoms with Crippen molar-refractivity contribution in [1.29, 1.82) is 0 Å². The number of ketones is 1. The lowest BCUT2D eigenvalue weighted by Crippen LogP contribution is -2.23. The molecule has 2 aromatic rings. The lowest BCUT2D eigenvalue weighted by molar-refractivity contribution is -0.385. The number of aryl methyl sites for hydroxylation is 1. The van der Waals surface area contributed by atoms with E-state index < -0.39 is 46.5 Å². The topological polar surface area (TPSA) is 121 Å². The molecule has 0 aliphatic rings. The summed E-state index contributed by atoms with van der Waals surface area (Å²) >= 11 is 0. The van der Waals surface area contributed by atoms with Gasteiger partial charge in [-0.15, -0.1) is 0 Å². The maximum absolute atomic E-state index is 13.1. The molecule has 12 heteroatoms. The molecule has 1 N–H and O–H groups in total. The monoisotopic (exact) mass is 413 g/mol. The Labute approximate surface area is 161 Å². The Bertz CT molecular complexity index is 997. The predicted molar refractivity (Wildman–Crippen MR) is 92.4 cm³/mol. The van der Waals surface area contributed by atoms with E-state index in [0.717, 1.165) is 12.1 Å². The highest BCUT2D eigenvalue weighted by atomic mass is 19.4. The smallest absolute Gasteiger partial charge is 0.418 e. The van der Waals surface area contributed by atoms with Crippen molar-refractivity contribution >= 4 is 29.0 Å². The molecule has 0 fully saturated rings. The van der Waals surface area contributed by atoms with Crippen LogP contribution >= 0.6 is 0 Å². The highest BCUT2D eigenvalue weighted by Crippen LogP contribution is 2.37. The first kappa shape index (κ1) is 21.6. The standard InChI is InChI=1S/C17H14F3N3O6/c1-9(24)10-5-14(22(2)7-10)16(26)29-8-15(25)21-13-4-3-11(23(27)28)6-12(13)17(18,19)20/h3-7H,8H2,1-2H3,(H,21,25). The number of Topliss-reactive ketones (excluding diaryl/α,β-unsaturated/α-hetero) is 1. The van der Waals surface area contributed by atoms with Crippen LogP contribution in [0.3, 0.4) is 0 Å². The SMILES string of the molecule is CC(=O)c1cc(C(=O)OCC(=O)Nc2ccc([N+](=O)[O-])cc2C(F)(F)F)n(C)c1. The van der Waals surface area contributed by atoms with Gasteiger partial charge in [0.25, 0.3) is 11.6 Å². The van der Waals surface area contributed by atoms with Crippen molar-refractivity contribution in [2.75, 3.05) is 11.9 Å². The second-order valence-corrected chi connectivity index (χ2v) is 5.89. The first-order valence-corrected chi connectivity index (χ1v) is 7.90. The lowest BCUT2D eigenvalue weighted by Gasteiger charge is -2.13. The quantitative estimate of drug-likeness (QED) is 0.336. The lowest BCUT2D eigenvalue weighted by atomic mass is 10.1. The number of aromatic nitrogens is 1. The molecule has 154 valence electrons. The number of nitro benzene ring substituents is 1. The van der Waals surface area contributed by atoms with Crippen LogP contribution < -0.4 is 5.32 Å². The molecule has 1 aromatic carbocycles. The zero-order chi connectivity index (χ0) is 21.9. The second kappa shape index (κ2) is 8.12. The summed E-state index contributed by atoms with van der Waals surface area (Å²) in [6.07, 6.45) is -3.58. The number of ether oxygens (including phenoxy) is 1. The fourth-order valence-corrected chi connectivity index (χ4v) is 2.34. The molecule has 0 radical (unpaired) electrons. The second-order valence-electron chi connectivity index (χ2n) is 5.89. The molecule has 2 rings (SSSR count). The third-order valence-corrected chi connectivity index (χ3v) is 3.75. The van der Waals surface area contributed by atoms with Crippen molar-refractivity contribution in [2.24, 2.45) is 7.05 Å². The summed E-state index contributed by atoms with van der Waals surface area (Å²) in [4.78, 5) is 44.9. The van der Waals surface area contributed by atoms with Gasteiger partial charge in [0.1, 0.15) is 5.69 Å². The molecule has 1 heterocycles. The van der Waals surface area contributed by atoms with E-state index in [9.17, 15) is 37.7 Å². The third-order valence-electron chi connectivity index (χ3n) is 3.75. The van der Waals surface area contributed by atoms with Crippen LogP contribution in [-0.4, -0.2) is 33.8 Å². The first-order chi connectivity index (χ1) is 13.4. The summed E-state index contributed by atoms with van der Waals surface area (Å²) in [5.74, 6) is -2.34. The van der Waals surface area contributed by atoms with Crippen LogP contribution in [0.15, 0.2) is 30.5 Å². The van der Waals surface area contributed by atoms with Gasteiger partial charge in [0.05, 0.1) is 16.2 Å². The molecule has 0 atom stereocenters. The third kappa shape index (κ3) is 5.18. The number of alkyl halides is 3. The molecule has 0 aliphatic heterocycles. The Morgan fingerprint density at radius 1 is 1.24 bits per heavy atom. The van der Waals surface area contributed by atoms with Crippen molar-refractivity contribution in [3.8, 4) is 0 Å². The molecule has 1 aromatic heterocycles. The molecule has 1 amide bonds. The van der Waals surface area contributed by atoms with Crippen molar-refractivity contribution in [3.05, 3.63) is 57.4 Å². The summed E-state index contributed by atoms with van der Waals surface area (Å²) in [6.45, 7) is 0.383. The zero-order valence-corrected chi connectivity index (χ0v) is 15.1. The van der Waals surface area contributed by atoms with Crippen LogP contribution in [0.5, 0.6) is 0 Å². The Kier molecular flexibility index (Phi) is 6.05. The molecule has 0 unspecified atom stereocenters. The Morgan fingerprint density at radius 2 is 1.90 bits per heavy atom. The van der Waals surface area contributed by atoms with Crippen molar-refractivity contribution in [3.63, 3.8) is 0 Å². The summed E-state index contributed by atoms with van der Waals surface area (Å²) in [5, 5.41) is 12.6. The van der Waals surface area contributed by atoms with Crippen molar-refractivity contribution < 1.29 is 37.2 Å². The van der Waals surface area contributed by atoms with Crippen LogP contribution in [-0.2, 0) is 22.8 Å². The van der Waals surface area contributed by atoms with Gasteiger partial charge < -0.3 is 14.6 Å². The van der Waals surface area contributed by atoms with E-state index >= 15 is 0 Å². The number of non-ortho nitro benzene ring substituents is 1. The fraction of sp³-hybridized carbons (Fsp3) is 0.235. The van der Waals surface area contributed by atoms with Gasteiger partial charge >= 0.3 is 12.1 Å². The van der Waals surface area contributed by atoms with Gasteiger partial charge in [0.2, 0.25) is 0 Å². The van der Waals surface area contributed by atoms with Gasteiger partial charge in [-0.2, -0.15) is 13.2 Å². The molecular weight excluding hydrogens is 399 g/mol. The maximum Gasteiger partial charge on any atom is 0.418 e. The largest absolute Gasteiger partial charge is 0.451 e. The van der Waals surface area contributed by atoms with Gasteiger partial charge in [0.15, 0.2) is 12.4 Å². The van der Waals surface area contributed by atoms with Crippen molar-refractivity contribution in [1.82, 2.24) is 4.57 Å². The minimum Gasteiger partial charge on any atom is -0.451 e. The molecule has 0 saturated heterocycles. The number of amides is 1. The van der Waals surface area contributed by atoms with E-state index in [1.165, 1.54) is 30.8 Å². The number of nitro groups is 1. The summed E-state index contributed by atoms with van der Waals surface area (Å²) in [6, 6.07) is 3.07. The number of esters is 1. The van der Waals surface area contributed by atoms with Gasteiger partial charge in [-0.3, -0.25) is 19.7 Å².